The van der Waals surface area contributed by atoms with E-state index >= 15 is 0 Å². The van der Waals surface area contributed by atoms with Gasteiger partial charge in [0.15, 0.2) is 5.82 Å². The largest absolute Gasteiger partial charge is 0.383 e. The molecular weight excluding hydrogens is 232 g/mol. The van der Waals surface area contributed by atoms with Crippen LogP contribution in [0.15, 0.2) is 4.52 Å². The molecule has 0 aromatic carbocycles. The van der Waals surface area contributed by atoms with E-state index in [9.17, 15) is 0 Å². The molecule has 2 N–H and O–H groups in total. The lowest BCUT2D eigenvalue weighted by atomic mass is 10.1. The highest BCUT2D eigenvalue weighted by Crippen LogP contribution is 2.28. The monoisotopic (exact) mass is 246 g/mol. The third-order valence-corrected chi connectivity index (χ3v) is 3.11. The molecule has 6 nitrogen and oxygen atoms in total. The highest BCUT2D eigenvalue weighted by molar-refractivity contribution is 5.62. The Morgan fingerprint density at radius 2 is 2.06 bits per heavy atom. The van der Waals surface area contributed by atoms with Gasteiger partial charge in [0.05, 0.1) is 30.2 Å². The second kappa shape index (κ2) is 4.06. The first-order chi connectivity index (χ1) is 8.66. The average molecular weight is 246 g/mol. The molecule has 1 aliphatic rings. The molecule has 18 heavy (non-hydrogen) atoms. The van der Waals surface area contributed by atoms with Crippen molar-refractivity contribution in [2.75, 3.05) is 12.3 Å². The summed E-state index contributed by atoms with van der Waals surface area (Å²) in [5.74, 6) is 1.78. The summed E-state index contributed by atoms with van der Waals surface area (Å²) in [5.41, 5.74) is 9.43. The van der Waals surface area contributed by atoms with E-state index in [0.29, 0.717) is 30.6 Å². The van der Waals surface area contributed by atoms with Crippen LogP contribution in [-0.4, -0.2) is 21.7 Å². The number of hydrogen-bond donors (Lipinski definition) is 1. The van der Waals surface area contributed by atoms with Gasteiger partial charge in [0, 0.05) is 12.0 Å². The van der Waals surface area contributed by atoms with Gasteiger partial charge in [-0.05, 0) is 13.8 Å². The lowest BCUT2D eigenvalue weighted by Crippen LogP contribution is -2.16. The fraction of sp³-hybridized carbons (Fsp3) is 0.417. The molecule has 0 saturated carbocycles. The first kappa shape index (κ1) is 11.2. The van der Waals surface area contributed by atoms with Gasteiger partial charge in [0.2, 0.25) is 0 Å². The Bertz CT molecular complexity index is 587. The van der Waals surface area contributed by atoms with E-state index < -0.39 is 0 Å². The SMILES string of the molecule is Cc1noc(C)c1-c1nc(N)c2c(n1)CCOC2. The number of aryl methyl sites for hydroxylation is 2. The lowest BCUT2D eigenvalue weighted by Gasteiger charge is -2.17. The minimum atomic E-state index is 0.481. The van der Waals surface area contributed by atoms with E-state index in [0.717, 1.165) is 28.9 Å². The average Bonchev–Trinajstić information content (AvgIpc) is 2.69. The van der Waals surface area contributed by atoms with Crippen molar-refractivity contribution >= 4 is 5.82 Å². The van der Waals surface area contributed by atoms with Crippen molar-refractivity contribution < 1.29 is 9.26 Å². The van der Waals surface area contributed by atoms with Crippen LogP contribution in [0.5, 0.6) is 0 Å². The van der Waals surface area contributed by atoms with Gasteiger partial charge in [0.1, 0.15) is 11.6 Å². The molecule has 0 atom stereocenters. The maximum absolute atomic E-state index is 5.97. The first-order valence-electron chi connectivity index (χ1n) is 5.83. The van der Waals surface area contributed by atoms with Gasteiger partial charge in [-0.25, -0.2) is 9.97 Å². The summed E-state index contributed by atoms with van der Waals surface area (Å²) in [7, 11) is 0. The number of ether oxygens (including phenoxy) is 1. The quantitative estimate of drug-likeness (QED) is 0.818. The molecule has 94 valence electrons. The summed E-state index contributed by atoms with van der Waals surface area (Å²) >= 11 is 0. The second-order valence-electron chi connectivity index (χ2n) is 4.36. The van der Waals surface area contributed by atoms with E-state index in [1.165, 1.54) is 0 Å². The zero-order valence-corrected chi connectivity index (χ0v) is 10.4. The Morgan fingerprint density at radius 3 is 2.78 bits per heavy atom. The molecule has 2 aromatic rings. The van der Waals surface area contributed by atoms with Crippen molar-refractivity contribution in [1.29, 1.82) is 0 Å². The molecule has 3 heterocycles. The van der Waals surface area contributed by atoms with Crippen molar-refractivity contribution in [2.24, 2.45) is 0 Å². The van der Waals surface area contributed by atoms with E-state index in [1.807, 2.05) is 13.8 Å². The zero-order chi connectivity index (χ0) is 12.7. The number of aromatic nitrogens is 3. The number of rotatable bonds is 1. The Hall–Kier alpha value is -1.95. The summed E-state index contributed by atoms with van der Waals surface area (Å²) < 4.78 is 10.5. The molecule has 0 fully saturated rings. The molecule has 0 saturated heterocycles. The molecule has 0 radical (unpaired) electrons. The van der Waals surface area contributed by atoms with Crippen LogP contribution in [0.25, 0.3) is 11.4 Å². The molecule has 0 spiro atoms. The summed E-state index contributed by atoms with van der Waals surface area (Å²) in [5, 5.41) is 3.91. The van der Waals surface area contributed by atoms with Gasteiger partial charge < -0.3 is 15.0 Å². The van der Waals surface area contributed by atoms with Crippen LogP contribution < -0.4 is 5.73 Å². The van der Waals surface area contributed by atoms with Crippen molar-refractivity contribution in [2.45, 2.75) is 26.9 Å². The van der Waals surface area contributed by atoms with Gasteiger partial charge in [-0.1, -0.05) is 5.16 Å². The van der Waals surface area contributed by atoms with Crippen molar-refractivity contribution in [3.63, 3.8) is 0 Å². The van der Waals surface area contributed by atoms with E-state index in [4.69, 9.17) is 15.0 Å². The molecule has 0 amide bonds. The third-order valence-electron chi connectivity index (χ3n) is 3.11. The smallest absolute Gasteiger partial charge is 0.167 e. The normalized spacial score (nSPS) is 14.6. The highest BCUT2D eigenvalue weighted by Gasteiger charge is 2.20. The first-order valence-corrected chi connectivity index (χ1v) is 5.83. The van der Waals surface area contributed by atoms with Crippen LogP contribution in [0.3, 0.4) is 0 Å². The Labute approximate surface area is 104 Å². The minimum Gasteiger partial charge on any atom is -0.383 e. The van der Waals surface area contributed by atoms with Crippen LogP contribution in [0, 0.1) is 13.8 Å². The molecular formula is C12H14N4O2. The molecule has 3 rings (SSSR count). The van der Waals surface area contributed by atoms with Gasteiger partial charge in [-0.15, -0.1) is 0 Å². The van der Waals surface area contributed by atoms with E-state index in [2.05, 4.69) is 15.1 Å². The van der Waals surface area contributed by atoms with Crippen LogP contribution in [-0.2, 0) is 17.8 Å². The van der Waals surface area contributed by atoms with Gasteiger partial charge in [0.25, 0.3) is 0 Å². The fourth-order valence-electron chi connectivity index (χ4n) is 2.17. The third kappa shape index (κ3) is 1.65. The minimum absolute atomic E-state index is 0.481. The summed E-state index contributed by atoms with van der Waals surface area (Å²) in [6.07, 6.45) is 0.762. The Balaban J connectivity index is 2.17. The maximum atomic E-state index is 5.97. The van der Waals surface area contributed by atoms with Crippen molar-refractivity contribution in [3.8, 4) is 11.4 Å². The summed E-state index contributed by atoms with van der Waals surface area (Å²) in [6.45, 7) is 4.87. The molecule has 0 unspecified atom stereocenters. The Morgan fingerprint density at radius 1 is 1.22 bits per heavy atom. The Kier molecular flexibility index (Phi) is 2.52. The predicted octanol–water partition coefficient (Wildman–Crippen LogP) is 1.40. The fourth-order valence-corrected chi connectivity index (χ4v) is 2.17. The molecule has 6 heteroatoms. The van der Waals surface area contributed by atoms with Gasteiger partial charge in [-0.3, -0.25) is 0 Å². The molecule has 0 aliphatic carbocycles. The topological polar surface area (TPSA) is 87.1 Å². The standard InChI is InChI=1S/C12H14N4O2/c1-6-10(7(2)18-16-6)12-14-9-3-4-17-5-8(9)11(13)15-12/h3-5H2,1-2H3,(H2,13,14,15). The highest BCUT2D eigenvalue weighted by atomic mass is 16.5. The van der Waals surface area contributed by atoms with Crippen LogP contribution in [0.1, 0.15) is 22.7 Å². The number of anilines is 1. The number of nitrogen functional groups attached to an aromatic ring is 1. The number of nitrogens with zero attached hydrogens (tertiary/aromatic N) is 3. The predicted molar refractivity (Wildman–Crippen MR) is 64.8 cm³/mol. The second-order valence-corrected chi connectivity index (χ2v) is 4.36. The maximum Gasteiger partial charge on any atom is 0.167 e. The summed E-state index contributed by atoms with van der Waals surface area (Å²) in [4.78, 5) is 8.90. The van der Waals surface area contributed by atoms with Gasteiger partial charge in [-0.2, -0.15) is 0 Å². The van der Waals surface area contributed by atoms with Crippen molar-refractivity contribution in [3.05, 3.63) is 22.7 Å². The zero-order valence-electron chi connectivity index (χ0n) is 10.4. The number of fused-ring (bicyclic) bond motifs is 1. The van der Waals surface area contributed by atoms with Crippen LogP contribution >= 0.6 is 0 Å². The van der Waals surface area contributed by atoms with E-state index in [1.54, 1.807) is 0 Å². The molecule has 1 aliphatic heterocycles. The van der Waals surface area contributed by atoms with Crippen LogP contribution in [0.2, 0.25) is 0 Å². The van der Waals surface area contributed by atoms with E-state index in [-0.39, 0.29) is 0 Å². The van der Waals surface area contributed by atoms with Crippen molar-refractivity contribution in [1.82, 2.24) is 15.1 Å². The van der Waals surface area contributed by atoms with Crippen LogP contribution in [0.4, 0.5) is 5.82 Å². The molecule has 0 bridgehead atoms. The number of hydrogen-bond acceptors (Lipinski definition) is 6. The number of nitrogens with two attached hydrogens (primary N) is 1. The van der Waals surface area contributed by atoms with Gasteiger partial charge >= 0.3 is 0 Å². The summed E-state index contributed by atoms with van der Waals surface area (Å²) in [6, 6.07) is 0. The molecule has 2 aromatic heterocycles. The lowest BCUT2D eigenvalue weighted by molar-refractivity contribution is 0.109.